The quantitative estimate of drug-likeness (QED) is 0.538. The molecule has 2 unspecified atom stereocenters. The van der Waals surface area contributed by atoms with Crippen molar-refractivity contribution in [2.24, 2.45) is 0 Å². The summed E-state index contributed by atoms with van der Waals surface area (Å²) in [6, 6.07) is -0.734. The maximum atomic E-state index is 11.7. The van der Waals surface area contributed by atoms with Gasteiger partial charge in [0, 0.05) is 7.05 Å². The number of amides is 2. The summed E-state index contributed by atoms with van der Waals surface area (Å²) in [6.07, 6.45) is 1.15. The summed E-state index contributed by atoms with van der Waals surface area (Å²) >= 11 is 0. The van der Waals surface area contributed by atoms with Gasteiger partial charge in [-0.25, -0.2) is 9.59 Å². The Morgan fingerprint density at radius 2 is 2.00 bits per heavy atom. The second kappa shape index (κ2) is 6.55. The number of hydrogen-bond acceptors (Lipinski definition) is 4. The number of aliphatic hydroxyl groups excluding tert-OH is 2. The molecule has 2 amide bonds. The van der Waals surface area contributed by atoms with Crippen LogP contribution in [0.4, 0.5) is 4.79 Å². The van der Waals surface area contributed by atoms with Gasteiger partial charge in [0.25, 0.3) is 0 Å². The topological polar surface area (TPSA) is 110 Å². The first kappa shape index (κ1) is 14.7. The van der Waals surface area contributed by atoms with Crippen LogP contribution in [0.1, 0.15) is 25.7 Å². The van der Waals surface area contributed by atoms with E-state index in [0.717, 1.165) is 19.3 Å². The van der Waals surface area contributed by atoms with Gasteiger partial charge in [-0.15, -0.1) is 0 Å². The molecule has 0 bridgehead atoms. The first-order valence-electron chi connectivity index (χ1n) is 6.03. The number of urea groups is 1. The number of carbonyl (C=O) groups excluding carboxylic acids is 1. The fourth-order valence-corrected chi connectivity index (χ4v) is 2.09. The van der Waals surface area contributed by atoms with E-state index in [1.165, 1.54) is 4.90 Å². The minimum atomic E-state index is -1.61. The zero-order valence-electron chi connectivity index (χ0n) is 10.4. The fraction of sp³-hybridized carbons (Fsp3) is 0.818. The van der Waals surface area contributed by atoms with Gasteiger partial charge >= 0.3 is 12.0 Å². The van der Waals surface area contributed by atoms with Crippen molar-refractivity contribution < 1.29 is 24.9 Å². The molecule has 3 atom stereocenters. The molecule has 7 heteroatoms. The second-order valence-electron chi connectivity index (χ2n) is 4.57. The van der Waals surface area contributed by atoms with Crippen molar-refractivity contribution >= 4 is 12.0 Å². The van der Waals surface area contributed by atoms with Crippen LogP contribution in [0.3, 0.4) is 0 Å². The molecular weight excluding hydrogens is 240 g/mol. The van der Waals surface area contributed by atoms with Gasteiger partial charge in [0.1, 0.15) is 0 Å². The highest BCUT2D eigenvalue weighted by Gasteiger charge is 2.29. The van der Waals surface area contributed by atoms with E-state index in [0.29, 0.717) is 6.42 Å². The highest BCUT2D eigenvalue weighted by Crippen LogP contribution is 2.22. The number of nitrogens with one attached hydrogen (secondary N) is 1. The molecule has 1 saturated carbocycles. The van der Waals surface area contributed by atoms with Crippen molar-refractivity contribution in [3.8, 4) is 0 Å². The number of nitrogens with zero attached hydrogens (tertiary/aromatic N) is 1. The Kier molecular flexibility index (Phi) is 5.36. The number of carboxylic acid groups (broad SMARTS) is 1. The minimum absolute atomic E-state index is 0.249. The number of aliphatic carboxylic acids is 1. The monoisotopic (exact) mass is 260 g/mol. The van der Waals surface area contributed by atoms with E-state index in [2.05, 4.69) is 5.32 Å². The largest absolute Gasteiger partial charge is 0.479 e. The molecule has 0 spiro atoms. The highest BCUT2D eigenvalue weighted by atomic mass is 16.4. The molecule has 18 heavy (non-hydrogen) atoms. The van der Waals surface area contributed by atoms with Crippen LogP contribution in [0, 0.1) is 0 Å². The van der Waals surface area contributed by atoms with Crippen molar-refractivity contribution in [3.63, 3.8) is 0 Å². The highest BCUT2D eigenvalue weighted by molar-refractivity contribution is 5.76. The Morgan fingerprint density at radius 1 is 1.39 bits per heavy atom. The van der Waals surface area contributed by atoms with E-state index in [1.54, 1.807) is 7.05 Å². The third kappa shape index (κ3) is 3.85. The Labute approximate surface area is 105 Å². The Morgan fingerprint density at radius 3 is 2.56 bits per heavy atom. The standard InChI is InChI=1S/C11H20N2O5/c1-13(7-4-2-3-5-8(7)14)11(18)12-6-9(15)10(16)17/h7-9,14-15H,2-6H2,1H3,(H,12,18)(H,16,17)/t7?,8?,9-/m0/s1. The Bertz CT molecular complexity index is 310. The number of hydrogen-bond donors (Lipinski definition) is 4. The molecular formula is C11H20N2O5. The number of likely N-dealkylation sites (N-methyl/N-ethyl adjacent to an activating group) is 1. The molecule has 0 saturated heterocycles. The Balaban J connectivity index is 2.43. The van der Waals surface area contributed by atoms with Crippen molar-refractivity contribution in [1.29, 1.82) is 0 Å². The van der Waals surface area contributed by atoms with Crippen LogP contribution in [0.15, 0.2) is 0 Å². The third-order valence-electron chi connectivity index (χ3n) is 3.24. The molecule has 0 aromatic carbocycles. The van der Waals surface area contributed by atoms with Gasteiger partial charge in [-0.2, -0.15) is 0 Å². The fourth-order valence-electron chi connectivity index (χ4n) is 2.09. The molecule has 7 nitrogen and oxygen atoms in total. The summed E-state index contributed by atoms with van der Waals surface area (Å²) in [7, 11) is 1.56. The molecule has 0 aliphatic heterocycles. The molecule has 1 rings (SSSR count). The molecule has 0 heterocycles. The lowest BCUT2D eigenvalue weighted by Crippen LogP contribution is -2.51. The number of aliphatic hydroxyl groups is 2. The molecule has 0 aromatic rings. The second-order valence-corrected chi connectivity index (χ2v) is 4.57. The predicted octanol–water partition coefficient (Wildman–Crippen LogP) is -0.623. The van der Waals surface area contributed by atoms with Crippen LogP contribution >= 0.6 is 0 Å². The van der Waals surface area contributed by atoms with Gasteiger partial charge < -0.3 is 25.5 Å². The lowest BCUT2D eigenvalue weighted by Gasteiger charge is -2.35. The summed E-state index contributed by atoms with van der Waals surface area (Å²) < 4.78 is 0. The number of rotatable bonds is 4. The van der Waals surface area contributed by atoms with E-state index in [-0.39, 0.29) is 12.6 Å². The van der Waals surface area contributed by atoms with Crippen LogP contribution in [0.2, 0.25) is 0 Å². The lowest BCUT2D eigenvalue weighted by atomic mass is 9.92. The van der Waals surface area contributed by atoms with Crippen LogP contribution in [-0.4, -0.2) is 64.1 Å². The Hall–Kier alpha value is -1.34. The molecule has 1 aliphatic rings. The summed E-state index contributed by atoms with van der Waals surface area (Å²) in [5, 5.41) is 29.6. The first-order valence-corrected chi connectivity index (χ1v) is 6.03. The molecule has 0 radical (unpaired) electrons. The molecule has 104 valence electrons. The van der Waals surface area contributed by atoms with E-state index < -0.39 is 24.2 Å². The summed E-state index contributed by atoms with van der Waals surface area (Å²) in [6.45, 7) is -0.346. The predicted molar refractivity (Wildman–Crippen MR) is 63.1 cm³/mol. The third-order valence-corrected chi connectivity index (χ3v) is 3.24. The average molecular weight is 260 g/mol. The van der Waals surface area contributed by atoms with Crippen molar-refractivity contribution in [3.05, 3.63) is 0 Å². The smallest absolute Gasteiger partial charge is 0.334 e. The number of carboxylic acids is 1. The summed E-state index contributed by atoms with van der Waals surface area (Å²) in [5.41, 5.74) is 0. The molecule has 4 N–H and O–H groups in total. The number of carbonyl (C=O) groups is 2. The van der Waals surface area contributed by atoms with Gasteiger partial charge in [-0.05, 0) is 12.8 Å². The van der Waals surface area contributed by atoms with Crippen molar-refractivity contribution in [2.75, 3.05) is 13.6 Å². The zero-order chi connectivity index (χ0) is 13.7. The van der Waals surface area contributed by atoms with Crippen LogP contribution in [-0.2, 0) is 4.79 Å². The van der Waals surface area contributed by atoms with Crippen LogP contribution in [0.25, 0.3) is 0 Å². The van der Waals surface area contributed by atoms with Gasteiger partial charge in [0.2, 0.25) is 0 Å². The first-order chi connectivity index (χ1) is 8.43. The molecule has 1 fully saturated rings. The van der Waals surface area contributed by atoms with E-state index in [4.69, 9.17) is 10.2 Å². The maximum absolute atomic E-state index is 11.7. The maximum Gasteiger partial charge on any atom is 0.334 e. The van der Waals surface area contributed by atoms with E-state index in [1.807, 2.05) is 0 Å². The van der Waals surface area contributed by atoms with E-state index >= 15 is 0 Å². The lowest BCUT2D eigenvalue weighted by molar-refractivity contribution is -0.146. The average Bonchev–Trinajstić information content (AvgIpc) is 2.35. The normalized spacial score (nSPS) is 25.3. The molecule has 1 aliphatic carbocycles. The van der Waals surface area contributed by atoms with Crippen molar-refractivity contribution in [1.82, 2.24) is 10.2 Å². The van der Waals surface area contributed by atoms with Crippen LogP contribution in [0.5, 0.6) is 0 Å². The minimum Gasteiger partial charge on any atom is -0.479 e. The van der Waals surface area contributed by atoms with Gasteiger partial charge in [0.05, 0.1) is 18.7 Å². The van der Waals surface area contributed by atoms with Crippen LogP contribution < -0.4 is 5.32 Å². The summed E-state index contributed by atoms with van der Waals surface area (Å²) in [4.78, 5) is 23.5. The SMILES string of the molecule is CN(C(=O)NC[C@H](O)C(=O)O)C1CCCCC1O. The van der Waals surface area contributed by atoms with E-state index in [9.17, 15) is 14.7 Å². The van der Waals surface area contributed by atoms with Crippen molar-refractivity contribution in [2.45, 2.75) is 43.9 Å². The summed E-state index contributed by atoms with van der Waals surface area (Å²) in [5.74, 6) is -1.38. The van der Waals surface area contributed by atoms with Gasteiger partial charge in [-0.1, -0.05) is 12.8 Å². The van der Waals surface area contributed by atoms with Gasteiger partial charge in [-0.3, -0.25) is 0 Å². The zero-order valence-corrected chi connectivity index (χ0v) is 10.4. The van der Waals surface area contributed by atoms with Gasteiger partial charge in [0.15, 0.2) is 6.10 Å². The molecule has 0 aromatic heterocycles.